The van der Waals surface area contributed by atoms with E-state index in [1.54, 1.807) is 24.3 Å². The summed E-state index contributed by atoms with van der Waals surface area (Å²) in [7, 11) is -3.73. The summed E-state index contributed by atoms with van der Waals surface area (Å²) in [6, 6.07) is 10.2. The molecule has 2 aromatic carbocycles. The van der Waals surface area contributed by atoms with E-state index in [-0.39, 0.29) is 16.4 Å². The molecule has 2 rings (SSSR count). The minimum atomic E-state index is -3.73. The second-order valence-corrected chi connectivity index (χ2v) is 8.45. The lowest BCUT2D eigenvalue weighted by atomic mass is 10.2. The van der Waals surface area contributed by atoms with E-state index in [2.05, 4.69) is 21.2 Å². The Morgan fingerprint density at radius 1 is 1.31 bits per heavy atom. The molecule has 0 aromatic heterocycles. The number of nitro groups is 1. The zero-order valence-corrected chi connectivity index (χ0v) is 16.5. The first-order valence-corrected chi connectivity index (χ1v) is 10.1. The number of hydrogen-bond acceptors (Lipinski definition) is 5. The summed E-state index contributed by atoms with van der Waals surface area (Å²) >= 11 is 8.97. The third kappa shape index (κ3) is 5.16. The van der Waals surface area contributed by atoms with Gasteiger partial charge in [-0.3, -0.25) is 19.2 Å². The van der Waals surface area contributed by atoms with Crippen molar-refractivity contribution in [1.82, 2.24) is 0 Å². The van der Waals surface area contributed by atoms with Crippen LogP contribution in [0.25, 0.3) is 0 Å². The molecular weight excluding hydrogens is 450 g/mol. The van der Waals surface area contributed by atoms with Gasteiger partial charge in [-0.15, -0.1) is 0 Å². The summed E-state index contributed by atoms with van der Waals surface area (Å²) in [4.78, 5) is 22.5. The Morgan fingerprint density at radius 3 is 2.58 bits per heavy atom. The van der Waals surface area contributed by atoms with Gasteiger partial charge in [0, 0.05) is 16.2 Å². The number of nitro benzene ring substituents is 1. The minimum Gasteiger partial charge on any atom is -0.324 e. The first kappa shape index (κ1) is 20.1. The molecule has 0 saturated heterocycles. The second kappa shape index (κ2) is 8.02. The van der Waals surface area contributed by atoms with Crippen LogP contribution < -0.4 is 9.62 Å². The van der Waals surface area contributed by atoms with E-state index in [0.717, 1.165) is 16.6 Å². The van der Waals surface area contributed by atoms with Gasteiger partial charge in [-0.25, -0.2) is 8.42 Å². The number of benzene rings is 2. The average Bonchev–Trinajstić information content (AvgIpc) is 2.53. The highest BCUT2D eigenvalue weighted by atomic mass is 79.9. The number of halogens is 2. The van der Waals surface area contributed by atoms with Gasteiger partial charge < -0.3 is 5.32 Å². The second-order valence-electron chi connectivity index (χ2n) is 5.22. The predicted octanol–water partition coefficient (Wildman–Crippen LogP) is 3.42. The Balaban J connectivity index is 2.23. The largest absolute Gasteiger partial charge is 0.324 e. The standard InChI is InChI=1S/C15H13BrClN3O5S/c1-26(24,25)19(12-4-2-3-10(16)7-12)9-15(21)18-11-5-6-13(17)14(8-11)20(22)23/h2-8H,9H2,1H3,(H,18,21). The maximum atomic E-state index is 12.3. The maximum Gasteiger partial charge on any atom is 0.289 e. The Bertz CT molecular complexity index is 968. The Kier molecular flexibility index (Phi) is 6.21. The van der Waals surface area contributed by atoms with Crippen molar-refractivity contribution in [3.8, 4) is 0 Å². The van der Waals surface area contributed by atoms with Crippen LogP contribution in [0, 0.1) is 10.1 Å². The number of amides is 1. The summed E-state index contributed by atoms with van der Waals surface area (Å²) < 4.78 is 25.7. The molecule has 0 bridgehead atoms. The van der Waals surface area contributed by atoms with E-state index in [4.69, 9.17) is 11.6 Å². The molecule has 0 aliphatic carbocycles. The van der Waals surface area contributed by atoms with Gasteiger partial charge in [-0.1, -0.05) is 33.6 Å². The summed E-state index contributed by atoms with van der Waals surface area (Å²) in [5, 5.41) is 13.3. The molecule has 1 amide bonds. The highest BCUT2D eigenvalue weighted by Gasteiger charge is 2.22. The average molecular weight is 463 g/mol. The highest BCUT2D eigenvalue weighted by molar-refractivity contribution is 9.10. The van der Waals surface area contributed by atoms with E-state index in [9.17, 15) is 23.3 Å². The molecule has 26 heavy (non-hydrogen) atoms. The molecule has 0 radical (unpaired) electrons. The first-order valence-electron chi connectivity index (χ1n) is 7.05. The summed E-state index contributed by atoms with van der Waals surface area (Å²) in [6.07, 6.45) is 0.980. The zero-order valence-electron chi connectivity index (χ0n) is 13.3. The van der Waals surface area contributed by atoms with Crippen molar-refractivity contribution >= 4 is 60.5 Å². The lowest BCUT2D eigenvalue weighted by Crippen LogP contribution is -2.37. The third-order valence-corrected chi connectivity index (χ3v) is 5.16. The van der Waals surface area contributed by atoms with Crippen molar-refractivity contribution in [3.05, 3.63) is 62.1 Å². The van der Waals surface area contributed by atoms with Gasteiger partial charge in [-0.05, 0) is 30.3 Å². The molecule has 0 heterocycles. The van der Waals surface area contributed by atoms with E-state index >= 15 is 0 Å². The Hall–Kier alpha value is -2.17. The van der Waals surface area contributed by atoms with E-state index < -0.39 is 27.4 Å². The number of rotatable bonds is 6. The third-order valence-electron chi connectivity index (χ3n) is 3.21. The summed E-state index contributed by atoms with van der Waals surface area (Å²) in [5.41, 5.74) is 0.0735. The van der Waals surface area contributed by atoms with Gasteiger partial charge in [0.1, 0.15) is 11.6 Å². The smallest absolute Gasteiger partial charge is 0.289 e. The molecule has 0 fully saturated rings. The van der Waals surface area contributed by atoms with Gasteiger partial charge in [0.2, 0.25) is 15.9 Å². The van der Waals surface area contributed by atoms with Crippen molar-refractivity contribution in [2.45, 2.75) is 0 Å². The Labute approximate surface area is 163 Å². The molecule has 0 saturated carbocycles. The molecule has 2 aromatic rings. The topological polar surface area (TPSA) is 110 Å². The molecule has 0 spiro atoms. The number of sulfonamides is 1. The molecule has 8 nitrogen and oxygen atoms in total. The van der Waals surface area contributed by atoms with Crippen molar-refractivity contribution in [2.75, 3.05) is 22.4 Å². The predicted molar refractivity (Wildman–Crippen MR) is 103 cm³/mol. The SMILES string of the molecule is CS(=O)(=O)N(CC(=O)Nc1ccc(Cl)c([N+](=O)[O-])c1)c1cccc(Br)c1. The normalized spacial score (nSPS) is 11.0. The van der Waals surface area contributed by atoms with Gasteiger partial charge in [-0.2, -0.15) is 0 Å². The molecule has 1 N–H and O–H groups in total. The van der Waals surface area contributed by atoms with Gasteiger partial charge >= 0.3 is 0 Å². The number of hydrogen-bond donors (Lipinski definition) is 1. The minimum absolute atomic E-state index is 0.0695. The van der Waals surface area contributed by atoms with Crippen LogP contribution in [0.2, 0.25) is 5.02 Å². The van der Waals surface area contributed by atoms with Crippen LogP contribution in [0.1, 0.15) is 0 Å². The van der Waals surface area contributed by atoms with Crippen LogP contribution in [0.4, 0.5) is 17.1 Å². The Morgan fingerprint density at radius 2 is 2.00 bits per heavy atom. The van der Waals surface area contributed by atoms with E-state index in [0.29, 0.717) is 10.2 Å². The van der Waals surface area contributed by atoms with Crippen LogP contribution in [0.5, 0.6) is 0 Å². The molecule has 138 valence electrons. The quantitative estimate of drug-likeness (QED) is 0.522. The number of nitrogens with one attached hydrogen (secondary N) is 1. The van der Waals surface area contributed by atoms with Gasteiger partial charge in [0.05, 0.1) is 16.9 Å². The number of nitrogens with zero attached hydrogens (tertiary/aromatic N) is 2. The van der Waals surface area contributed by atoms with Crippen molar-refractivity contribution < 1.29 is 18.1 Å². The van der Waals surface area contributed by atoms with Crippen molar-refractivity contribution in [1.29, 1.82) is 0 Å². The molecular formula is C15H13BrClN3O5S. The van der Waals surface area contributed by atoms with Crippen LogP contribution in [0.15, 0.2) is 46.9 Å². The van der Waals surface area contributed by atoms with Crippen LogP contribution in [0.3, 0.4) is 0 Å². The summed E-state index contributed by atoms with van der Waals surface area (Å²) in [6.45, 7) is -0.494. The van der Waals surface area contributed by atoms with Gasteiger partial charge in [0.25, 0.3) is 5.69 Å². The first-order chi connectivity index (χ1) is 12.1. The lowest BCUT2D eigenvalue weighted by Gasteiger charge is -2.22. The van der Waals surface area contributed by atoms with Crippen LogP contribution >= 0.6 is 27.5 Å². The molecule has 0 aliphatic heterocycles. The lowest BCUT2D eigenvalue weighted by molar-refractivity contribution is -0.384. The van der Waals surface area contributed by atoms with Gasteiger partial charge in [0.15, 0.2) is 0 Å². The maximum absolute atomic E-state index is 12.3. The molecule has 0 unspecified atom stereocenters. The number of carbonyl (C=O) groups excluding carboxylic acids is 1. The van der Waals surface area contributed by atoms with Crippen molar-refractivity contribution in [2.24, 2.45) is 0 Å². The fraction of sp³-hybridized carbons (Fsp3) is 0.133. The van der Waals surface area contributed by atoms with E-state index in [1.807, 2.05) is 0 Å². The summed E-state index contributed by atoms with van der Waals surface area (Å²) in [5.74, 6) is -0.660. The zero-order chi connectivity index (χ0) is 19.5. The highest BCUT2D eigenvalue weighted by Crippen LogP contribution is 2.27. The van der Waals surface area contributed by atoms with E-state index in [1.165, 1.54) is 12.1 Å². The molecule has 0 aliphatic rings. The molecule has 0 atom stereocenters. The molecule has 11 heteroatoms. The number of anilines is 2. The van der Waals surface area contributed by atoms with Crippen LogP contribution in [-0.2, 0) is 14.8 Å². The fourth-order valence-corrected chi connectivity index (χ4v) is 3.51. The monoisotopic (exact) mass is 461 g/mol. The number of carbonyl (C=O) groups is 1. The van der Waals surface area contributed by atoms with Crippen LogP contribution in [-0.4, -0.2) is 32.0 Å². The van der Waals surface area contributed by atoms with Crippen molar-refractivity contribution in [3.63, 3.8) is 0 Å². The fourth-order valence-electron chi connectivity index (χ4n) is 2.09.